The van der Waals surface area contributed by atoms with Crippen molar-refractivity contribution in [3.63, 3.8) is 0 Å². The van der Waals surface area contributed by atoms with Crippen LogP contribution < -0.4 is 16.6 Å². The van der Waals surface area contributed by atoms with Crippen LogP contribution in [0.15, 0.2) is 33.6 Å². The second kappa shape index (κ2) is 9.72. The minimum absolute atomic E-state index is 0.0434. The van der Waals surface area contributed by atoms with E-state index in [1.54, 1.807) is 6.92 Å². The molecule has 0 unspecified atom stereocenters. The van der Waals surface area contributed by atoms with Gasteiger partial charge < -0.3 is 9.88 Å². The molecule has 0 bridgehead atoms. The van der Waals surface area contributed by atoms with E-state index in [4.69, 9.17) is 0 Å². The molecule has 0 aliphatic rings. The van der Waals surface area contributed by atoms with E-state index in [0.29, 0.717) is 0 Å². The smallest absolute Gasteiger partial charge is 0.312 e. The Hall–Kier alpha value is -4.14. The lowest BCUT2D eigenvalue weighted by atomic mass is 10.1. The van der Waals surface area contributed by atoms with E-state index in [1.165, 1.54) is 36.3 Å². The largest absolute Gasteiger partial charge is 0.418 e. The lowest BCUT2D eigenvalue weighted by Gasteiger charge is -2.13. The van der Waals surface area contributed by atoms with E-state index in [-0.39, 0.29) is 45.5 Å². The number of nitrogens with one attached hydrogen (secondary N) is 2. The molecule has 1 amide bonds. The maximum atomic E-state index is 13.2. The summed E-state index contributed by atoms with van der Waals surface area (Å²) in [5, 5.41) is 4.24. The number of pyridine rings is 1. The predicted octanol–water partition coefficient (Wildman–Crippen LogP) is 2.91. The van der Waals surface area contributed by atoms with Gasteiger partial charge in [-0.25, -0.2) is 14.8 Å². The van der Waals surface area contributed by atoms with Crippen LogP contribution in [0.1, 0.15) is 37.6 Å². The molecule has 4 rings (SSSR count). The van der Waals surface area contributed by atoms with E-state index < -0.39 is 41.5 Å². The van der Waals surface area contributed by atoms with Crippen molar-refractivity contribution in [3.8, 4) is 10.6 Å². The third-order valence-electron chi connectivity index (χ3n) is 5.63. The summed E-state index contributed by atoms with van der Waals surface area (Å²) in [7, 11) is 0. The van der Waals surface area contributed by atoms with Crippen molar-refractivity contribution in [2.45, 2.75) is 46.0 Å². The maximum Gasteiger partial charge on any atom is 0.418 e. The number of fused-ring (bicyclic) bond motifs is 1. The molecule has 11 nitrogen and oxygen atoms in total. The zero-order valence-corrected chi connectivity index (χ0v) is 20.5. The fourth-order valence-corrected chi connectivity index (χ4v) is 4.27. The van der Waals surface area contributed by atoms with Crippen LogP contribution in [-0.4, -0.2) is 40.8 Å². The van der Waals surface area contributed by atoms with Crippen LogP contribution in [0.2, 0.25) is 0 Å². The van der Waals surface area contributed by atoms with Crippen molar-refractivity contribution >= 4 is 40.0 Å². The summed E-state index contributed by atoms with van der Waals surface area (Å²) >= 11 is 1.02. The number of nitrogens with zero attached hydrogens (tertiary/aromatic N) is 5. The molecule has 194 valence electrons. The summed E-state index contributed by atoms with van der Waals surface area (Å²) in [6, 6.07) is -0.0517. The van der Waals surface area contributed by atoms with E-state index >= 15 is 0 Å². The van der Waals surface area contributed by atoms with Crippen LogP contribution in [0, 0.1) is 6.92 Å². The Kier molecular flexibility index (Phi) is 6.82. The van der Waals surface area contributed by atoms with Gasteiger partial charge in [-0.15, -0.1) is 11.3 Å². The summed E-state index contributed by atoms with van der Waals surface area (Å²) < 4.78 is 41.7. The number of carbonyl (C=O) groups is 2. The van der Waals surface area contributed by atoms with Gasteiger partial charge in [0, 0.05) is 29.3 Å². The standard InChI is InChI=1S/C22H20F3N7O4S/c1-4-13(33)7-31-20(35)16-17(30-21(31)36)27-9-32(16)11(3)18(34)28-15-8-37-19(29-15)12-5-14(22(23,24)25)10(2)26-6-12/h5-6,8-9,11H,4,7H2,1-3H3,(H,28,34)(H,30,36)/t11-/m0/s1. The number of alkyl halides is 3. The van der Waals surface area contributed by atoms with Crippen molar-refractivity contribution in [2.75, 3.05) is 5.32 Å². The summed E-state index contributed by atoms with van der Waals surface area (Å²) in [6.45, 7) is 3.92. The van der Waals surface area contributed by atoms with E-state index in [9.17, 15) is 32.3 Å². The van der Waals surface area contributed by atoms with Gasteiger partial charge in [-0.05, 0) is 19.9 Å². The Morgan fingerprint density at radius 1 is 1.24 bits per heavy atom. The van der Waals surface area contributed by atoms with Gasteiger partial charge in [0.25, 0.3) is 5.56 Å². The highest BCUT2D eigenvalue weighted by Gasteiger charge is 2.33. The molecule has 0 saturated carbocycles. The molecule has 2 N–H and O–H groups in total. The number of rotatable bonds is 7. The molecule has 37 heavy (non-hydrogen) atoms. The minimum atomic E-state index is -4.57. The molecule has 0 aliphatic heterocycles. The molecule has 0 aromatic carbocycles. The maximum absolute atomic E-state index is 13.2. The molecule has 0 aliphatic carbocycles. The molecule has 0 radical (unpaired) electrons. The Morgan fingerprint density at radius 3 is 2.65 bits per heavy atom. The van der Waals surface area contributed by atoms with Gasteiger partial charge in [0.2, 0.25) is 5.91 Å². The zero-order valence-electron chi connectivity index (χ0n) is 19.7. The number of Topliss-reactive ketones (excluding diaryl/α,β-unsaturated/α-hetero) is 1. The number of halogens is 3. The van der Waals surface area contributed by atoms with E-state index in [2.05, 4.69) is 25.3 Å². The number of aryl methyl sites for hydroxylation is 1. The Labute approximate surface area is 210 Å². The van der Waals surface area contributed by atoms with E-state index in [0.717, 1.165) is 22.0 Å². The Morgan fingerprint density at radius 2 is 1.97 bits per heavy atom. The van der Waals surface area contributed by atoms with Crippen LogP contribution in [0.3, 0.4) is 0 Å². The van der Waals surface area contributed by atoms with Crippen LogP contribution in [0.5, 0.6) is 0 Å². The number of hydrogen-bond donors (Lipinski definition) is 2. The van der Waals surface area contributed by atoms with Crippen molar-refractivity contribution < 1.29 is 22.8 Å². The number of H-pyrrole nitrogens is 1. The molecule has 1 atom stereocenters. The highest BCUT2D eigenvalue weighted by Crippen LogP contribution is 2.35. The van der Waals surface area contributed by atoms with Gasteiger partial charge in [-0.3, -0.25) is 28.9 Å². The number of aromatic nitrogens is 6. The number of imidazole rings is 1. The average Bonchev–Trinajstić information content (AvgIpc) is 3.48. The Bertz CT molecular complexity index is 1630. The summed E-state index contributed by atoms with van der Waals surface area (Å²) in [5.74, 6) is -0.833. The summed E-state index contributed by atoms with van der Waals surface area (Å²) in [5.41, 5.74) is -2.59. The minimum Gasteiger partial charge on any atom is -0.312 e. The monoisotopic (exact) mass is 535 g/mol. The first-order valence-corrected chi connectivity index (χ1v) is 11.8. The summed E-state index contributed by atoms with van der Waals surface area (Å²) in [6.07, 6.45) is -1.96. The number of aromatic amines is 1. The highest BCUT2D eigenvalue weighted by atomic mass is 32.1. The topological polar surface area (TPSA) is 145 Å². The Balaban J connectivity index is 1.60. The van der Waals surface area contributed by atoms with Crippen molar-refractivity contribution in [1.29, 1.82) is 0 Å². The third kappa shape index (κ3) is 5.07. The van der Waals surface area contributed by atoms with Gasteiger partial charge in [0.1, 0.15) is 16.9 Å². The first-order valence-electron chi connectivity index (χ1n) is 10.9. The SMILES string of the molecule is CCC(=O)Cn1c(=O)[nH]c2ncn([C@@H](C)C(=O)Nc3csc(-c4cnc(C)c(C(F)(F)F)c4)n3)c2c1=O. The lowest BCUT2D eigenvalue weighted by molar-refractivity contribution is -0.138. The lowest BCUT2D eigenvalue weighted by Crippen LogP contribution is -2.38. The number of carbonyl (C=O) groups excluding carboxylic acids is 2. The number of ketones is 1. The molecule has 4 aromatic heterocycles. The van der Waals surface area contributed by atoms with Crippen LogP contribution in [0.25, 0.3) is 21.7 Å². The molecule has 15 heteroatoms. The molecule has 4 aromatic rings. The number of hydrogen-bond acceptors (Lipinski definition) is 8. The molecular formula is C22H20F3N7O4S. The first kappa shape index (κ1) is 25.9. The van der Waals surface area contributed by atoms with Gasteiger partial charge in [-0.1, -0.05) is 6.92 Å². The molecule has 0 saturated heterocycles. The van der Waals surface area contributed by atoms with Gasteiger partial charge in [-0.2, -0.15) is 13.2 Å². The van der Waals surface area contributed by atoms with Crippen molar-refractivity contribution in [1.82, 2.24) is 29.1 Å². The second-order valence-corrected chi connectivity index (χ2v) is 8.98. The van der Waals surface area contributed by atoms with Crippen molar-refractivity contribution in [3.05, 3.63) is 56.1 Å². The number of amides is 1. The highest BCUT2D eigenvalue weighted by molar-refractivity contribution is 7.13. The molecule has 4 heterocycles. The van der Waals surface area contributed by atoms with Gasteiger partial charge in [0.05, 0.1) is 18.4 Å². The fourth-order valence-electron chi connectivity index (χ4n) is 3.54. The fraction of sp³-hybridized carbons (Fsp3) is 0.318. The number of anilines is 1. The second-order valence-electron chi connectivity index (χ2n) is 8.12. The summed E-state index contributed by atoms with van der Waals surface area (Å²) in [4.78, 5) is 64.3. The quantitative estimate of drug-likeness (QED) is 0.370. The molecule has 0 fully saturated rings. The molecular weight excluding hydrogens is 515 g/mol. The van der Waals surface area contributed by atoms with Crippen molar-refractivity contribution in [2.24, 2.45) is 0 Å². The zero-order chi connectivity index (χ0) is 27.1. The first-order chi connectivity index (χ1) is 17.4. The van der Waals surface area contributed by atoms with Crippen LogP contribution in [0.4, 0.5) is 19.0 Å². The number of thiazole rings is 1. The third-order valence-corrected chi connectivity index (χ3v) is 6.52. The molecule has 0 spiro atoms. The van der Waals surface area contributed by atoms with Gasteiger partial charge in [0.15, 0.2) is 16.9 Å². The van der Waals surface area contributed by atoms with Crippen LogP contribution in [-0.2, 0) is 22.3 Å². The van der Waals surface area contributed by atoms with Gasteiger partial charge >= 0.3 is 11.9 Å². The van der Waals surface area contributed by atoms with E-state index in [1.807, 2.05) is 0 Å². The van der Waals surface area contributed by atoms with Crippen LogP contribution >= 0.6 is 11.3 Å². The predicted molar refractivity (Wildman–Crippen MR) is 128 cm³/mol. The average molecular weight is 536 g/mol. The normalized spacial score (nSPS) is 12.6.